The van der Waals surface area contributed by atoms with Crippen molar-refractivity contribution >= 4 is 75.4 Å². The van der Waals surface area contributed by atoms with Crippen molar-refractivity contribution in [3.63, 3.8) is 0 Å². The van der Waals surface area contributed by atoms with Gasteiger partial charge in [-0.3, -0.25) is 0 Å². The van der Waals surface area contributed by atoms with Gasteiger partial charge in [0.05, 0.1) is 38.4 Å². The Labute approximate surface area is 306 Å². The predicted octanol–water partition coefficient (Wildman–Crippen LogP) is 13.1. The second-order valence-electron chi connectivity index (χ2n) is 10.2. The lowest BCUT2D eigenvalue weighted by Crippen LogP contribution is -1.88. The van der Waals surface area contributed by atoms with Crippen molar-refractivity contribution in [3.8, 4) is 22.3 Å². The molecule has 0 heterocycles. The smallest absolute Gasteiger partial charge is 0.0616 e. The topological polar surface area (TPSA) is 0 Å². The third-order valence-corrected chi connectivity index (χ3v) is 7.69. The first-order chi connectivity index (χ1) is 34.5. The fraction of sp³-hybridized carbons (Fsp3) is 0. The van der Waals surface area contributed by atoms with Crippen molar-refractivity contribution < 1.29 is 38.4 Å². The molecule has 46 heavy (non-hydrogen) atoms. The molecule has 0 saturated heterocycles. The van der Waals surface area contributed by atoms with Gasteiger partial charge in [-0.05, 0) is 128 Å². The quantitative estimate of drug-likeness (QED) is 0.135. The lowest BCUT2D eigenvalue weighted by molar-refractivity contribution is 1.68. The van der Waals surface area contributed by atoms with Crippen molar-refractivity contribution in [1.82, 2.24) is 0 Å². The summed E-state index contributed by atoms with van der Waals surface area (Å²) >= 11 is 0. The van der Waals surface area contributed by atoms with Gasteiger partial charge in [-0.2, -0.15) is 0 Å². The highest BCUT2D eigenvalue weighted by atomic mass is 14.2. The molecule has 0 aliphatic rings. The summed E-state index contributed by atoms with van der Waals surface area (Å²) in [7, 11) is 0. The van der Waals surface area contributed by atoms with Crippen LogP contribution in [0.3, 0.4) is 0 Å². The van der Waals surface area contributed by atoms with Crippen molar-refractivity contribution in [2.75, 3.05) is 0 Å². The van der Waals surface area contributed by atoms with Gasteiger partial charge in [0, 0.05) is 0 Å². The van der Waals surface area contributed by atoms with E-state index in [0.29, 0.717) is 0 Å². The Bertz CT molecular complexity index is 4450. The van der Waals surface area contributed by atoms with Gasteiger partial charge < -0.3 is 0 Å². The van der Waals surface area contributed by atoms with Crippen LogP contribution in [0.5, 0.6) is 0 Å². The third-order valence-electron chi connectivity index (χ3n) is 7.69. The highest BCUT2D eigenvalue weighted by Gasteiger charge is 2.14. The molecule has 0 N–H and O–H groups in total. The zero-order chi connectivity index (χ0) is 54.6. The molecule has 0 saturated carbocycles. The minimum absolute atomic E-state index is 0.524. The molecule has 10 rings (SSSR count). The lowest BCUT2D eigenvalue weighted by Gasteiger charge is -2.15. The molecule has 0 bridgehead atoms. The zero-order valence-corrected chi connectivity index (χ0v) is 23.0. The fourth-order valence-electron chi connectivity index (χ4n) is 5.66. The van der Waals surface area contributed by atoms with Crippen molar-refractivity contribution in [2.24, 2.45) is 0 Å². The molecule has 10 aromatic carbocycles. The normalized spacial score (nSPS) is 20.4. The Hall–Kier alpha value is -5.98. The molecular formula is C46H28. The molecule has 0 nitrogen and oxygen atoms in total. The van der Waals surface area contributed by atoms with Gasteiger partial charge in [0.1, 0.15) is 0 Å². The average molecular weight is 609 g/mol. The number of rotatable bonds is 2. The number of benzene rings is 10. The van der Waals surface area contributed by atoms with Gasteiger partial charge in [0.25, 0.3) is 0 Å². The van der Waals surface area contributed by atoms with E-state index in [0.717, 1.165) is 0 Å². The van der Waals surface area contributed by atoms with Crippen LogP contribution in [0.25, 0.3) is 97.7 Å². The van der Waals surface area contributed by atoms with Crippen LogP contribution in [0.4, 0.5) is 0 Å². The van der Waals surface area contributed by atoms with E-state index < -0.39 is 267 Å². The maximum absolute atomic E-state index is 9.92. The first kappa shape index (κ1) is 10.3. The van der Waals surface area contributed by atoms with Crippen LogP contribution < -0.4 is 0 Å². The monoisotopic (exact) mass is 608 g/mol. The van der Waals surface area contributed by atoms with E-state index in [2.05, 4.69) is 0 Å². The van der Waals surface area contributed by atoms with E-state index in [4.69, 9.17) is 23.3 Å². The molecule has 0 aliphatic heterocycles. The van der Waals surface area contributed by atoms with Crippen molar-refractivity contribution in [2.45, 2.75) is 0 Å². The molecule has 0 unspecified atom stereocenters. The summed E-state index contributed by atoms with van der Waals surface area (Å²) in [4.78, 5) is 0. The molecule has 0 aromatic heterocycles. The Morgan fingerprint density at radius 3 is 1.74 bits per heavy atom. The zero-order valence-electron chi connectivity index (χ0n) is 51.0. The fourth-order valence-corrected chi connectivity index (χ4v) is 5.66. The summed E-state index contributed by atoms with van der Waals surface area (Å²) in [6.07, 6.45) is 0. The first-order valence-electron chi connectivity index (χ1n) is 27.8. The van der Waals surface area contributed by atoms with Gasteiger partial charge in [-0.25, -0.2) is 0 Å². The second-order valence-corrected chi connectivity index (χ2v) is 10.2. The first-order valence-corrected chi connectivity index (χ1v) is 13.8. The molecular weight excluding hydrogens is 553 g/mol. The molecule has 0 atom stereocenters. The summed E-state index contributed by atoms with van der Waals surface area (Å²) < 4.78 is 253. The average Bonchev–Trinajstić information content (AvgIpc) is 3.36. The Morgan fingerprint density at radius 1 is 0.283 bits per heavy atom. The molecule has 0 fully saturated rings. The van der Waals surface area contributed by atoms with E-state index >= 15 is 0 Å². The summed E-state index contributed by atoms with van der Waals surface area (Å²) in [5.74, 6) is 0. The van der Waals surface area contributed by atoms with Crippen LogP contribution in [0, 0.1) is 0 Å². The van der Waals surface area contributed by atoms with Crippen LogP contribution >= 0.6 is 0 Å². The van der Waals surface area contributed by atoms with Crippen molar-refractivity contribution in [3.05, 3.63) is 169 Å². The highest BCUT2D eigenvalue weighted by Crippen LogP contribution is 2.41. The molecule has 10 aromatic rings. The standard InChI is InChI=1S/C46H28/c1-2-10-33-27-43-36(24-32(33)9-1)20-18-31-12-7-15-41(45(31)43)35-19-16-29-17-21-37(26-38(29)25-35)46-40-14-6-4-11-34(40)28-44-39-13-5-3-8-30(39)22-23-42(44)46/h1-28H/i1D,2D,3D,4D,5D,6D,7D,8D,9D,10D,11D,12D,13D,14D,15D,16D,17D,18D,19D,20D,21D,22D,23D,24D,25D,26D,27D,28D. The van der Waals surface area contributed by atoms with Crippen LogP contribution in [0.2, 0.25) is 0 Å². The third kappa shape index (κ3) is 3.81. The Morgan fingerprint density at radius 2 is 0.870 bits per heavy atom. The lowest BCUT2D eigenvalue weighted by atomic mass is 9.88. The van der Waals surface area contributed by atoms with Gasteiger partial charge in [0.2, 0.25) is 0 Å². The summed E-state index contributed by atoms with van der Waals surface area (Å²) in [5.41, 5.74) is -3.10. The van der Waals surface area contributed by atoms with Crippen LogP contribution in [-0.4, -0.2) is 0 Å². The molecule has 0 amide bonds. The summed E-state index contributed by atoms with van der Waals surface area (Å²) in [6.45, 7) is 0. The van der Waals surface area contributed by atoms with E-state index in [1.54, 1.807) is 0 Å². The number of hydrogen-bond donors (Lipinski definition) is 0. The minimum Gasteiger partial charge on any atom is -0.0616 e. The summed E-state index contributed by atoms with van der Waals surface area (Å²) in [6, 6.07) is -24.9. The maximum atomic E-state index is 9.92. The maximum Gasteiger partial charge on any atom is 0.0636 e. The Balaban J connectivity index is 1.49. The molecule has 0 spiro atoms. The molecule has 0 heteroatoms. The SMILES string of the molecule is [2H]c1c(-c2c3c([2H])c([2H])c([2H])c([2H])c3c([2H])c3c2c([2H])c([2H])c2c([2H])c([2H])c([2H])c([2H])c23)c([2H])c2c([2H])c(-c3c([2H])c([2H])c([2H])c4c([2H])c([2H])c5c([2H])c6c([2H])c([2H])c([2H])c([2H])c6c([2H])c5c34)c([2H])c([2H])c2c1[2H]. The van der Waals surface area contributed by atoms with Gasteiger partial charge >= 0.3 is 0 Å². The Kier molecular flexibility index (Phi) is 2.18. The summed E-state index contributed by atoms with van der Waals surface area (Å²) in [5, 5.41) is -8.64. The number of fused-ring (bicyclic) bond motifs is 9. The van der Waals surface area contributed by atoms with E-state index in [1.165, 1.54) is 0 Å². The molecule has 212 valence electrons. The second kappa shape index (κ2) is 9.76. The van der Waals surface area contributed by atoms with Gasteiger partial charge in [-0.1, -0.05) is 139 Å². The molecule has 0 radical (unpaired) electrons. The minimum atomic E-state index is -1.03. The largest absolute Gasteiger partial charge is 0.0636 e. The van der Waals surface area contributed by atoms with Crippen molar-refractivity contribution in [1.29, 1.82) is 0 Å². The van der Waals surface area contributed by atoms with Crippen LogP contribution in [0.1, 0.15) is 38.4 Å². The number of hydrogen-bond acceptors (Lipinski definition) is 0. The van der Waals surface area contributed by atoms with Crippen LogP contribution in [-0.2, 0) is 0 Å². The molecule has 0 aliphatic carbocycles. The highest BCUT2D eigenvalue weighted by molar-refractivity contribution is 6.21. The van der Waals surface area contributed by atoms with Gasteiger partial charge in [0.15, 0.2) is 0 Å². The van der Waals surface area contributed by atoms with E-state index in [9.17, 15) is 15.1 Å². The predicted molar refractivity (Wildman–Crippen MR) is 200 cm³/mol. The van der Waals surface area contributed by atoms with Gasteiger partial charge in [-0.15, -0.1) is 0 Å². The van der Waals surface area contributed by atoms with E-state index in [1.807, 2.05) is 0 Å². The van der Waals surface area contributed by atoms with E-state index in [-0.39, 0.29) is 0 Å². The van der Waals surface area contributed by atoms with Crippen LogP contribution in [0.15, 0.2) is 169 Å².